The molecule has 1 aromatic carbocycles. The van der Waals surface area contributed by atoms with Crippen molar-refractivity contribution in [3.63, 3.8) is 0 Å². The summed E-state index contributed by atoms with van der Waals surface area (Å²) >= 11 is 0. The first-order valence-electron chi connectivity index (χ1n) is 7.38. The Kier molecular flexibility index (Phi) is 3.40. The smallest absolute Gasteiger partial charge is 0.324 e. The van der Waals surface area contributed by atoms with Gasteiger partial charge >= 0.3 is 11.9 Å². The summed E-state index contributed by atoms with van der Waals surface area (Å²) in [7, 11) is 0. The number of rotatable bonds is 4. The lowest BCUT2D eigenvalue weighted by Gasteiger charge is -2.25. The van der Waals surface area contributed by atoms with Crippen LogP contribution in [0.25, 0.3) is 0 Å². The molecule has 0 unspecified atom stereocenters. The zero-order valence-corrected chi connectivity index (χ0v) is 12.5. The molecule has 0 aliphatic heterocycles. The average Bonchev–Trinajstić information content (AvgIpc) is 3.16. The van der Waals surface area contributed by atoms with E-state index < -0.39 is 41.3 Å². The molecule has 5 atom stereocenters. The number of benzene rings is 1. The first-order chi connectivity index (χ1) is 10.8. The first-order valence-corrected chi connectivity index (χ1v) is 7.38. The normalized spacial score (nSPS) is 34.5. The molecule has 2 aliphatic rings. The van der Waals surface area contributed by atoms with Crippen LogP contribution in [-0.2, 0) is 9.59 Å². The quantitative estimate of drug-likeness (QED) is 0.628. The van der Waals surface area contributed by atoms with Gasteiger partial charge in [0, 0.05) is 17.5 Å². The van der Waals surface area contributed by atoms with Crippen LogP contribution in [0.3, 0.4) is 0 Å². The summed E-state index contributed by atoms with van der Waals surface area (Å²) in [6.45, 7) is 1.86. The SMILES string of the molecule is Cc1cccc(C(=O)N[C@H]2C[C@@](N)(C(=O)O)[C@@H]3[C@@H](C(=O)O)[C@@H]32)c1. The molecule has 0 spiro atoms. The maximum absolute atomic E-state index is 12.3. The van der Waals surface area contributed by atoms with E-state index in [1.807, 2.05) is 13.0 Å². The van der Waals surface area contributed by atoms with Crippen LogP contribution in [0, 0.1) is 24.7 Å². The fraction of sp³-hybridized carbons (Fsp3) is 0.438. The first kappa shape index (κ1) is 15.5. The summed E-state index contributed by atoms with van der Waals surface area (Å²) in [5.41, 5.74) is 5.71. The van der Waals surface area contributed by atoms with E-state index in [-0.39, 0.29) is 12.3 Å². The molecule has 1 amide bonds. The Morgan fingerprint density at radius 2 is 2.00 bits per heavy atom. The molecule has 2 fully saturated rings. The minimum Gasteiger partial charge on any atom is -0.481 e. The topological polar surface area (TPSA) is 130 Å². The Morgan fingerprint density at radius 1 is 1.30 bits per heavy atom. The van der Waals surface area contributed by atoms with Gasteiger partial charge in [-0.3, -0.25) is 14.4 Å². The molecular weight excluding hydrogens is 300 g/mol. The molecule has 0 bridgehead atoms. The van der Waals surface area contributed by atoms with Crippen LogP contribution in [0.5, 0.6) is 0 Å². The molecule has 0 saturated heterocycles. The van der Waals surface area contributed by atoms with Crippen molar-refractivity contribution in [1.82, 2.24) is 5.32 Å². The molecular formula is C16H18N2O5. The van der Waals surface area contributed by atoms with E-state index in [4.69, 9.17) is 5.73 Å². The van der Waals surface area contributed by atoms with Crippen molar-refractivity contribution in [3.8, 4) is 0 Å². The average molecular weight is 318 g/mol. The van der Waals surface area contributed by atoms with Crippen LogP contribution in [0.1, 0.15) is 22.3 Å². The van der Waals surface area contributed by atoms with Crippen LogP contribution < -0.4 is 11.1 Å². The predicted molar refractivity (Wildman–Crippen MR) is 79.7 cm³/mol. The second-order valence-electron chi connectivity index (χ2n) is 6.47. The maximum Gasteiger partial charge on any atom is 0.324 e. The summed E-state index contributed by atoms with van der Waals surface area (Å²) < 4.78 is 0. The predicted octanol–water partition coefficient (Wildman–Crippen LogP) is 0.226. The van der Waals surface area contributed by atoms with Gasteiger partial charge in [0.25, 0.3) is 5.91 Å². The number of nitrogens with one attached hydrogen (secondary N) is 1. The van der Waals surface area contributed by atoms with Crippen molar-refractivity contribution < 1.29 is 24.6 Å². The molecule has 7 heteroatoms. The lowest BCUT2D eigenvalue weighted by molar-refractivity contribution is -0.145. The Labute approximate surface area is 132 Å². The highest BCUT2D eigenvalue weighted by atomic mass is 16.4. The van der Waals surface area contributed by atoms with Gasteiger partial charge in [0.05, 0.1) is 5.92 Å². The molecule has 0 heterocycles. The Bertz CT molecular complexity index is 703. The highest BCUT2D eigenvalue weighted by molar-refractivity contribution is 5.95. The van der Waals surface area contributed by atoms with Crippen molar-refractivity contribution in [3.05, 3.63) is 35.4 Å². The van der Waals surface area contributed by atoms with E-state index >= 15 is 0 Å². The molecule has 0 aromatic heterocycles. The van der Waals surface area contributed by atoms with Gasteiger partial charge in [-0.2, -0.15) is 0 Å². The third-order valence-corrected chi connectivity index (χ3v) is 4.97. The number of carboxylic acids is 2. The van der Waals surface area contributed by atoms with Gasteiger partial charge in [0.2, 0.25) is 0 Å². The van der Waals surface area contributed by atoms with Crippen molar-refractivity contribution in [2.24, 2.45) is 23.5 Å². The number of carbonyl (C=O) groups is 3. The molecule has 122 valence electrons. The number of aliphatic carboxylic acids is 2. The summed E-state index contributed by atoms with van der Waals surface area (Å²) in [6.07, 6.45) is 0.0407. The van der Waals surface area contributed by atoms with Gasteiger partial charge in [-0.1, -0.05) is 17.7 Å². The second-order valence-corrected chi connectivity index (χ2v) is 6.47. The van der Waals surface area contributed by atoms with E-state index in [1.54, 1.807) is 18.2 Å². The fourth-order valence-corrected chi connectivity index (χ4v) is 3.87. The summed E-state index contributed by atoms with van der Waals surface area (Å²) in [6, 6.07) is 6.44. The van der Waals surface area contributed by atoms with Crippen LogP contribution in [-0.4, -0.2) is 39.6 Å². The van der Waals surface area contributed by atoms with Gasteiger partial charge in [-0.15, -0.1) is 0 Å². The van der Waals surface area contributed by atoms with Crippen LogP contribution in [0.2, 0.25) is 0 Å². The van der Waals surface area contributed by atoms with Gasteiger partial charge in [0.1, 0.15) is 5.54 Å². The number of carbonyl (C=O) groups excluding carboxylic acids is 1. The fourth-order valence-electron chi connectivity index (χ4n) is 3.87. The van der Waals surface area contributed by atoms with E-state index in [2.05, 4.69) is 5.32 Å². The minimum atomic E-state index is -1.60. The number of aryl methyl sites for hydroxylation is 1. The van der Waals surface area contributed by atoms with E-state index in [1.165, 1.54) is 0 Å². The summed E-state index contributed by atoms with van der Waals surface area (Å²) in [5, 5.41) is 21.3. The minimum absolute atomic E-state index is 0.0407. The van der Waals surface area contributed by atoms with Crippen molar-refractivity contribution >= 4 is 17.8 Å². The lowest BCUT2D eigenvalue weighted by Crippen LogP contribution is -2.52. The largest absolute Gasteiger partial charge is 0.481 e. The Balaban J connectivity index is 1.80. The molecule has 3 rings (SSSR count). The third-order valence-electron chi connectivity index (χ3n) is 4.97. The number of carboxylic acid groups (broad SMARTS) is 2. The standard InChI is InChI=1S/C16H18N2O5/c1-7-3-2-4-8(5-7)13(19)18-9-6-16(17,15(22)23)12-10(9)11(12)14(20)21/h2-5,9-12H,6,17H2,1H3,(H,18,19)(H,20,21)(H,22,23)/t9-,10-,11-,12-,16-/m0/s1. The van der Waals surface area contributed by atoms with Gasteiger partial charge in [-0.05, 0) is 31.4 Å². The van der Waals surface area contributed by atoms with Crippen LogP contribution in [0.15, 0.2) is 24.3 Å². The highest BCUT2D eigenvalue weighted by Gasteiger charge is 2.74. The lowest BCUT2D eigenvalue weighted by atomic mass is 9.90. The zero-order chi connectivity index (χ0) is 16.9. The monoisotopic (exact) mass is 318 g/mol. The van der Waals surface area contributed by atoms with E-state index in [9.17, 15) is 24.6 Å². The number of hydrogen-bond acceptors (Lipinski definition) is 4. The maximum atomic E-state index is 12.3. The number of fused-ring (bicyclic) bond motifs is 1. The third kappa shape index (κ3) is 2.37. The zero-order valence-electron chi connectivity index (χ0n) is 12.5. The summed E-state index contributed by atoms with van der Waals surface area (Å²) in [5.74, 6) is -4.51. The highest BCUT2D eigenvalue weighted by Crippen LogP contribution is 2.61. The molecule has 2 aliphatic carbocycles. The molecule has 1 aromatic rings. The number of hydrogen-bond donors (Lipinski definition) is 4. The second kappa shape index (κ2) is 5.06. The van der Waals surface area contributed by atoms with Crippen LogP contribution >= 0.6 is 0 Å². The van der Waals surface area contributed by atoms with E-state index in [0.717, 1.165) is 5.56 Å². The van der Waals surface area contributed by atoms with E-state index in [0.29, 0.717) is 5.56 Å². The molecule has 0 radical (unpaired) electrons. The summed E-state index contributed by atoms with van der Waals surface area (Å²) in [4.78, 5) is 35.0. The molecule has 5 N–H and O–H groups in total. The Hall–Kier alpha value is -2.41. The molecule has 7 nitrogen and oxygen atoms in total. The van der Waals surface area contributed by atoms with Crippen molar-refractivity contribution in [2.45, 2.75) is 24.9 Å². The molecule has 2 saturated carbocycles. The van der Waals surface area contributed by atoms with Gasteiger partial charge < -0.3 is 21.3 Å². The van der Waals surface area contributed by atoms with Gasteiger partial charge in [0.15, 0.2) is 0 Å². The molecule has 23 heavy (non-hydrogen) atoms. The number of amides is 1. The number of nitrogens with two attached hydrogens (primary N) is 1. The van der Waals surface area contributed by atoms with Gasteiger partial charge in [-0.25, -0.2) is 0 Å². The Morgan fingerprint density at radius 3 is 2.57 bits per heavy atom. The van der Waals surface area contributed by atoms with Crippen LogP contribution in [0.4, 0.5) is 0 Å². The van der Waals surface area contributed by atoms with Crippen molar-refractivity contribution in [1.29, 1.82) is 0 Å². The van der Waals surface area contributed by atoms with Crippen molar-refractivity contribution in [2.75, 3.05) is 0 Å².